The van der Waals surface area contributed by atoms with E-state index in [0.717, 1.165) is 0 Å². The van der Waals surface area contributed by atoms with Crippen molar-refractivity contribution in [2.45, 2.75) is 74.4 Å². The molecular formula is C23H31N5O7S. The first kappa shape index (κ1) is 27.4. The van der Waals surface area contributed by atoms with E-state index in [0.29, 0.717) is 5.56 Å². The number of hydrogen-bond donors (Lipinski definition) is 6. The fourth-order valence-corrected chi connectivity index (χ4v) is 6.08. The Morgan fingerprint density at radius 1 is 1.14 bits per heavy atom. The van der Waals surface area contributed by atoms with Gasteiger partial charge in [0, 0.05) is 10.8 Å². The summed E-state index contributed by atoms with van der Waals surface area (Å²) in [5.74, 6) is -3.89. The summed E-state index contributed by atoms with van der Waals surface area (Å²) in [6, 6.07) is 1.35. The quantitative estimate of drug-likeness (QED) is 0.217. The molecule has 0 radical (unpaired) electrons. The summed E-state index contributed by atoms with van der Waals surface area (Å²) in [6.07, 6.45) is -0.324. The second-order valence-electron chi connectivity index (χ2n) is 9.66. The third-order valence-corrected chi connectivity index (χ3v) is 7.58. The van der Waals surface area contributed by atoms with E-state index in [2.05, 4.69) is 16.0 Å². The standard InChI is InChI=1S/C23H31N5O7S/c1-10(2)25-13(9-14(24)30)18(31)27-19(32)15(11-5-7-12(29)8-6-11)26-16-20(33)28-17(22(34)35)23(3,4)36-21(16)28/h5-8,10,13,15-17,21,25-26,29H,9H2,1-4H3,(H2,24,30)(H,34,35)(H,27,31,32)/t13-,15+,16?,17?,21?/m1/s1. The van der Waals surface area contributed by atoms with Crippen LogP contribution in [0.3, 0.4) is 0 Å². The molecule has 2 saturated heterocycles. The number of rotatable bonds is 10. The van der Waals surface area contributed by atoms with Crippen LogP contribution in [-0.2, 0) is 24.0 Å². The molecule has 3 unspecified atom stereocenters. The average Bonchev–Trinajstić information content (AvgIpc) is 3.01. The summed E-state index contributed by atoms with van der Waals surface area (Å²) >= 11 is 1.31. The van der Waals surface area contributed by atoms with E-state index in [-0.39, 0.29) is 18.2 Å². The van der Waals surface area contributed by atoms with Gasteiger partial charge in [-0.2, -0.15) is 0 Å². The van der Waals surface area contributed by atoms with Crippen molar-refractivity contribution in [3.8, 4) is 5.75 Å². The number of hydrogen-bond acceptors (Lipinski definition) is 9. The first-order valence-electron chi connectivity index (χ1n) is 11.4. The topological polar surface area (TPSA) is 191 Å². The summed E-state index contributed by atoms with van der Waals surface area (Å²) in [4.78, 5) is 63.5. The molecule has 7 N–H and O–H groups in total. The second-order valence-corrected chi connectivity index (χ2v) is 11.4. The number of carboxylic acid groups (broad SMARTS) is 1. The predicted octanol–water partition coefficient (Wildman–Crippen LogP) is -0.577. The molecule has 196 valence electrons. The number of primary amides is 1. The SMILES string of the molecule is CC(C)N[C@H](CC(N)=O)C(=O)NC(=O)[C@@H](NC1C(=O)N2C1SC(C)(C)C2C(=O)O)c1ccc(O)cc1. The van der Waals surface area contributed by atoms with Crippen molar-refractivity contribution in [1.29, 1.82) is 0 Å². The van der Waals surface area contributed by atoms with Crippen LogP contribution >= 0.6 is 11.8 Å². The van der Waals surface area contributed by atoms with Gasteiger partial charge < -0.3 is 26.2 Å². The lowest BCUT2D eigenvalue weighted by molar-refractivity contribution is -0.160. The number of carbonyl (C=O) groups excluding carboxylic acids is 4. The van der Waals surface area contributed by atoms with E-state index in [9.17, 15) is 34.2 Å². The minimum absolute atomic E-state index is 0.0417. The van der Waals surface area contributed by atoms with Gasteiger partial charge >= 0.3 is 5.97 Å². The maximum Gasteiger partial charge on any atom is 0.327 e. The van der Waals surface area contributed by atoms with Gasteiger partial charge in [-0.25, -0.2) is 4.79 Å². The third-order valence-electron chi connectivity index (χ3n) is 6.01. The first-order chi connectivity index (χ1) is 16.7. The Hall–Kier alpha value is -3.16. The molecule has 3 rings (SSSR count). The van der Waals surface area contributed by atoms with Crippen LogP contribution in [0.1, 0.15) is 45.7 Å². The normalized spacial score (nSPS) is 24.0. The molecular weight excluding hydrogens is 490 g/mol. The average molecular weight is 522 g/mol. The number of phenols is 1. The number of phenolic OH excluding ortho intramolecular Hbond substituents is 1. The summed E-state index contributed by atoms with van der Waals surface area (Å²) in [5, 5.41) is 26.9. The smallest absolute Gasteiger partial charge is 0.327 e. The Balaban J connectivity index is 1.83. The molecule has 12 nitrogen and oxygen atoms in total. The molecule has 4 amide bonds. The van der Waals surface area contributed by atoms with E-state index in [1.54, 1.807) is 27.7 Å². The largest absolute Gasteiger partial charge is 0.508 e. The maximum absolute atomic E-state index is 13.3. The molecule has 13 heteroatoms. The number of imide groups is 1. The number of nitrogens with one attached hydrogen (secondary N) is 3. The first-order valence-corrected chi connectivity index (χ1v) is 12.3. The van der Waals surface area contributed by atoms with Crippen LogP contribution in [0.25, 0.3) is 0 Å². The van der Waals surface area contributed by atoms with Crippen molar-refractivity contribution >= 4 is 41.4 Å². The number of aromatic hydroxyl groups is 1. The van der Waals surface area contributed by atoms with Gasteiger partial charge in [0.05, 0.1) is 12.5 Å². The number of amides is 4. The lowest BCUT2D eigenvalue weighted by atomic mass is 9.95. The minimum Gasteiger partial charge on any atom is -0.508 e. The van der Waals surface area contributed by atoms with Gasteiger partial charge in [-0.3, -0.25) is 29.8 Å². The lowest BCUT2D eigenvalue weighted by Gasteiger charge is -2.45. The number of carboxylic acids is 1. The summed E-state index contributed by atoms with van der Waals surface area (Å²) in [6.45, 7) is 7.01. The van der Waals surface area contributed by atoms with Crippen molar-refractivity contribution < 1.29 is 34.2 Å². The van der Waals surface area contributed by atoms with Crippen molar-refractivity contribution in [3.05, 3.63) is 29.8 Å². The Morgan fingerprint density at radius 2 is 1.75 bits per heavy atom. The van der Waals surface area contributed by atoms with Gasteiger partial charge in [-0.05, 0) is 31.5 Å². The summed E-state index contributed by atoms with van der Waals surface area (Å²) in [5.41, 5.74) is 5.61. The van der Waals surface area contributed by atoms with Crippen molar-refractivity contribution in [2.75, 3.05) is 0 Å². The van der Waals surface area contributed by atoms with Gasteiger partial charge in [-0.15, -0.1) is 11.8 Å². The van der Waals surface area contributed by atoms with E-state index in [4.69, 9.17) is 5.73 Å². The van der Waals surface area contributed by atoms with Crippen LogP contribution in [0, 0.1) is 0 Å². The molecule has 36 heavy (non-hydrogen) atoms. The molecule has 2 fully saturated rings. The number of thioether (sulfide) groups is 1. The Bertz CT molecular complexity index is 1060. The Kier molecular flexibility index (Phi) is 7.96. The third kappa shape index (κ3) is 5.63. The van der Waals surface area contributed by atoms with Gasteiger partial charge in [0.2, 0.25) is 23.6 Å². The zero-order chi connectivity index (χ0) is 26.9. The Labute approximate surface area is 212 Å². The fraction of sp³-hybridized carbons (Fsp3) is 0.522. The number of β-lactam (4-membered cyclic amide) rings is 1. The molecule has 1 aromatic carbocycles. The van der Waals surface area contributed by atoms with Crippen molar-refractivity contribution in [3.63, 3.8) is 0 Å². The van der Waals surface area contributed by atoms with E-state index >= 15 is 0 Å². The van der Waals surface area contributed by atoms with Crippen LogP contribution in [0.15, 0.2) is 24.3 Å². The van der Waals surface area contributed by atoms with Crippen LogP contribution < -0.4 is 21.7 Å². The van der Waals surface area contributed by atoms with E-state index in [1.807, 2.05) is 0 Å². The summed E-state index contributed by atoms with van der Waals surface area (Å²) in [7, 11) is 0. The molecule has 1 aromatic rings. The molecule has 2 aliphatic rings. The van der Waals surface area contributed by atoms with Gasteiger partial charge in [0.25, 0.3) is 0 Å². The molecule has 0 bridgehead atoms. The van der Waals surface area contributed by atoms with Crippen molar-refractivity contribution in [2.24, 2.45) is 5.73 Å². The van der Waals surface area contributed by atoms with Crippen LogP contribution in [0.2, 0.25) is 0 Å². The molecule has 5 atom stereocenters. The number of fused-ring (bicyclic) bond motifs is 1. The molecule has 2 aliphatic heterocycles. The molecule has 0 spiro atoms. The highest BCUT2D eigenvalue weighted by Crippen LogP contribution is 2.51. The van der Waals surface area contributed by atoms with Crippen LogP contribution in [-0.4, -0.2) is 79.0 Å². The van der Waals surface area contributed by atoms with Gasteiger partial charge in [-0.1, -0.05) is 26.0 Å². The van der Waals surface area contributed by atoms with Gasteiger partial charge in [0.15, 0.2) is 0 Å². The molecule has 0 saturated carbocycles. The lowest BCUT2D eigenvalue weighted by Crippen LogP contribution is -2.70. The van der Waals surface area contributed by atoms with Crippen molar-refractivity contribution in [1.82, 2.24) is 20.9 Å². The molecule has 2 heterocycles. The van der Waals surface area contributed by atoms with Crippen LogP contribution in [0.5, 0.6) is 5.75 Å². The monoisotopic (exact) mass is 521 g/mol. The number of nitrogens with two attached hydrogens (primary N) is 1. The van der Waals surface area contributed by atoms with Gasteiger partial charge in [0.1, 0.15) is 29.2 Å². The molecule has 0 aliphatic carbocycles. The predicted molar refractivity (Wildman–Crippen MR) is 131 cm³/mol. The van der Waals surface area contributed by atoms with E-state index in [1.165, 1.54) is 40.9 Å². The zero-order valence-corrected chi connectivity index (χ0v) is 21.2. The maximum atomic E-state index is 13.3. The number of nitrogens with zero attached hydrogens (tertiary/aromatic N) is 1. The van der Waals surface area contributed by atoms with E-state index < -0.39 is 63.9 Å². The fourth-order valence-electron chi connectivity index (χ4n) is 4.45. The number of aliphatic carboxylic acids is 1. The van der Waals surface area contributed by atoms with Crippen LogP contribution in [0.4, 0.5) is 0 Å². The summed E-state index contributed by atoms with van der Waals surface area (Å²) < 4.78 is -0.751. The highest BCUT2D eigenvalue weighted by molar-refractivity contribution is 8.01. The Morgan fingerprint density at radius 3 is 2.28 bits per heavy atom. The second kappa shape index (κ2) is 10.4. The zero-order valence-electron chi connectivity index (χ0n) is 20.3. The number of benzene rings is 1. The highest BCUT2D eigenvalue weighted by Gasteiger charge is 2.64. The minimum atomic E-state index is -1.19. The number of carbonyl (C=O) groups is 5. The highest BCUT2D eigenvalue weighted by atomic mass is 32.2. The molecule has 0 aromatic heterocycles.